The highest BCUT2D eigenvalue weighted by atomic mass is 16.4. The first-order valence-electron chi connectivity index (χ1n) is 7.17. The number of anilines is 2. The summed E-state index contributed by atoms with van der Waals surface area (Å²) in [7, 11) is 0. The van der Waals surface area contributed by atoms with Gasteiger partial charge in [-0.2, -0.15) is 5.10 Å². The van der Waals surface area contributed by atoms with Crippen molar-refractivity contribution >= 4 is 29.0 Å². The van der Waals surface area contributed by atoms with E-state index in [0.29, 0.717) is 16.9 Å². The zero-order valence-corrected chi connectivity index (χ0v) is 12.2. The quantitative estimate of drug-likeness (QED) is 0.835. The average molecular weight is 308 g/mol. The Morgan fingerprint density at radius 2 is 1.78 bits per heavy atom. The molecule has 116 valence electrons. The van der Waals surface area contributed by atoms with E-state index in [9.17, 15) is 14.7 Å². The third-order valence-electron chi connectivity index (χ3n) is 3.45. The first kappa shape index (κ1) is 14.8. The maximum Gasteiger partial charge on any atom is 0.276 e. The molecule has 1 heterocycles. The predicted octanol–water partition coefficient (Wildman–Crippen LogP) is 0.989. The van der Waals surface area contributed by atoms with Gasteiger partial charge in [0.15, 0.2) is 5.71 Å². The summed E-state index contributed by atoms with van der Waals surface area (Å²) in [5.41, 5.74) is 2.37. The highest BCUT2D eigenvalue weighted by molar-refractivity contribution is 6.53. The normalized spacial score (nSPS) is 14.4. The van der Waals surface area contributed by atoms with Crippen molar-refractivity contribution in [2.75, 3.05) is 16.9 Å². The summed E-state index contributed by atoms with van der Waals surface area (Å²) in [5, 5.41) is 19.4. The molecule has 0 saturated heterocycles. The Hall–Kier alpha value is -3.15. The maximum atomic E-state index is 12.1. The van der Waals surface area contributed by atoms with Crippen LogP contribution in [0, 0.1) is 0 Å². The number of benzene rings is 2. The lowest BCUT2D eigenvalue weighted by atomic mass is 10.1. The summed E-state index contributed by atoms with van der Waals surface area (Å²) in [6, 6.07) is 16.4. The van der Waals surface area contributed by atoms with Crippen LogP contribution in [-0.2, 0) is 9.59 Å². The predicted molar refractivity (Wildman–Crippen MR) is 85.0 cm³/mol. The lowest BCUT2D eigenvalue weighted by Gasteiger charge is -2.20. The van der Waals surface area contributed by atoms with Crippen LogP contribution in [0.1, 0.15) is 12.0 Å². The number of hydrogen-bond acceptors (Lipinski definition) is 5. The highest BCUT2D eigenvalue weighted by Crippen LogP contribution is 2.24. The summed E-state index contributed by atoms with van der Waals surface area (Å²) >= 11 is 0. The summed E-state index contributed by atoms with van der Waals surface area (Å²) in [6.07, 6.45) is -0.186. The molecule has 23 heavy (non-hydrogen) atoms. The number of fused-ring (bicyclic) bond motifs is 1. The molecule has 6 nitrogen and oxygen atoms in total. The highest BCUT2D eigenvalue weighted by Gasteiger charge is 2.26. The van der Waals surface area contributed by atoms with Gasteiger partial charge in [0.1, 0.15) is 0 Å². The second kappa shape index (κ2) is 6.31. The van der Waals surface area contributed by atoms with Crippen molar-refractivity contribution in [2.24, 2.45) is 5.10 Å². The fraction of sp³-hybridized carbons (Fsp3) is 0.118. The fourth-order valence-electron chi connectivity index (χ4n) is 2.36. The number of carbonyl (C=O) groups excluding carboxylic acids is 2. The molecular formula is C17H14N3O3-. The fourth-order valence-corrected chi connectivity index (χ4v) is 2.36. The van der Waals surface area contributed by atoms with E-state index in [1.165, 1.54) is 5.01 Å². The largest absolute Gasteiger partial charge is 0.550 e. The molecule has 0 saturated carbocycles. The van der Waals surface area contributed by atoms with Gasteiger partial charge < -0.3 is 15.2 Å². The molecule has 0 unspecified atom stereocenters. The van der Waals surface area contributed by atoms with E-state index in [-0.39, 0.29) is 24.6 Å². The molecule has 1 aliphatic heterocycles. The SMILES string of the molecule is O=C([O-])CCN(/N=C1\C(=O)Nc2ccccc21)c1ccccc1. The molecule has 0 atom stereocenters. The van der Waals surface area contributed by atoms with E-state index < -0.39 is 5.97 Å². The number of rotatable bonds is 5. The molecular weight excluding hydrogens is 294 g/mol. The number of para-hydroxylation sites is 2. The van der Waals surface area contributed by atoms with E-state index in [2.05, 4.69) is 10.4 Å². The van der Waals surface area contributed by atoms with Gasteiger partial charge in [0.2, 0.25) is 0 Å². The standard InChI is InChI=1S/C17H15N3O3/c21-15(22)10-11-20(12-6-2-1-3-7-12)19-16-13-8-4-5-9-14(13)18-17(16)23/h1-9H,10-11H2,(H,21,22)(H,18,19,23)/p-1. The lowest BCUT2D eigenvalue weighted by Crippen LogP contribution is -2.30. The van der Waals surface area contributed by atoms with Crippen LogP contribution < -0.4 is 15.4 Å². The molecule has 0 fully saturated rings. The van der Waals surface area contributed by atoms with Crippen LogP contribution in [0.15, 0.2) is 59.7 Å². The number of carbonyl (C=O) groups is 2. The maximum absolute atomic E-state index is 12.1. The van der Waals surface area contributed by atoms with Crippen molar-refractivity contribution in [3.63, 3.8) is 0 Å². The number of hydrogen-bond donors (Lipinski definition) is 1. The minimum absolute atomic E-state index is 0.116. The molecule has 1 amide bonds. The second-order valence-corrected chi connectivity index (χ2v) is 5.03. The molecule has 0 aromatic heterocycles. The monoisotopic (exact) mass is 308 g/mol. The van der Waals surface area contributed by atoms with Crippen molar-refractivity contribution < 1.29 is 14.7 Å². The van der Waals surface area contributed by atoms with Crippen LogP contribution in [-0.4, -0.2) is 24.1 Å². The summed E-state index contributed by atoms with van der Waals surface area (Å²) in [6.45, 7) is 0.116. The first-order valence-corrected chi connectivity index (χ1v) is 7.17. The Bertz CT molecular complexity index is 772. The summed E-state index contributed by atoms with van der Waals surface area (Å²) < 4.78 is 0. The Morgan fingerprint density at radius 3 is 2.52 bits per heavy atom. The van der Waals surface area contributed by atoms with Gasteiger partial charge in [0.05, 0.1) is 11.4 Å². The number of amides is 1. The molecule has 2 aromatic rings. The Kier molecular flexibility index (Phi) is 4.05. The van der Waals surface area contributed by atoms with E-state index >= 15 is 0 Å². The third-order valence-corrected chi connectivity index (χ3v) is 3.45. The van der Waals surface area contributed by atoms with E-state index in [1.54, 1.807) is 24.3 Å². The zero-order chi connectivity index (χ0) is 16.2. The summed E-state index contributed by atoms with van der Waals surface area (Å²) in [5.74, 6) is -1.47. The molecule has 0 radical (unpaired) electrons. The van der Waals surface area contributed by atoms with Crippen molar-refractivity contribution in [2.45, 2.75) is 6.42 Å². The van der Waals surface area contributed by atoms with E-state index in [4.69, 9.17) is 0 Å². The molecule has 1 N–H and O–H groups in total. The van der Waals surface area contributed by atoms with Gasteiger partial charge in [-0.25, -0.2) is 0 Å². The molecule has 3 rings (SSSR count). The van der Waals surface area contributed by atoms with Crippen LogP contribution in [0.4, 0.5) is 11.4 Å². The Morgan fingerprint density at radius 1 is 1.09 bits per heavy atom. The van der Waals surface area contributed by atoms with Gasteiger partial charge in [-0.1, -0.05) is 36.4 Å². The van der Waals surface area contributed by atoms with Crippen molar-refractivity contribution in [3.8, 4) is 0 Å². The first-order chi connectivity index (χ1) is 11.1. The number of carboxylic acids is 1. The van der Waals surface area contributed by atoms with Crippen LogP contribution in [0.3, 0.4) is 0 Å². The van der Waals surface area contributed by atoms with Gasteiger partial charge >= 0.3 is 0 Å². The Labute approximate surface area is 133 Å². The van der Waals surface area contributed by atoms with Gasteiger partial charge in [0.25, 0.3) is 5.91 Å². The number of carboxylic acid groups (broad SMARTS) is 1. The number of nitrogens with one attached hydrogen (secondary N) is 1. The molecule has 2 aromatic carbocycles. The van der Waals surface area contributed by atoms with Gasteiger partial charge in [-0.05, 0) is 18.2 Å². The van der Waals surface area contributed by atoms with Gasteiger partial charge in [-0.15, -0.1) is 0 Å². The van der Waals surface area contributed by atoms with Crippen LogP contribution in [0.2, 0.25) is 0 Å². The second-order valence-electron chi connectivity index (χ2n) is 5.03. The molecule has 0 bridgehead atoms. The smallest absolute Gasteiger partial charge is 0.276 e. The van der Waals surface area contributed by atoms with Crippen molar-refractivity contribution in [3.05, 3.63) is 60.2 Å². The van der Waals surface area contributed by atoms with Crippen molar-refractivity contribution in [1.82, 2.24) is 0 Å². The van der Waals surface area contributed by atoms with Crippen LogP contribution >= 0.6 is 0 Å². The zero-order valence-electron chi connectivity index (χ0n) is 12.2. The third kappa shape index (κ3) is 3.21. The molecule has 1 aliphatic rings. The van der Waals surface area contributed by atoms with Crippen LogP contribution in [0.5, 0.6) is 0 Å². The van der Waals surface area contributed by atoms with Gasteiger partial charge in [-0.3, -0.25) is 9.80 Å². The minimum atomic E-state index is -1.16. The molecule has 0 aliphatic carbocycles. The van der Waals surface area contributed by atoms with Crippen LogP contribution in [0.25, 0.3) is 0 Å². The lowest BCUT2D eigenvalue weighted by molar-refractivity contribution is -0.305. The van der Waals surface area contributed by atoms with E-state index in [0.717, 1.165) is 0 Å². The Balaban J connectivity index is 1.97. The molecule has 0 spiro atoms. The number of aliphatic carboxylic acids is 1. The van der Waals surface area contributed by atoms with Crippen molar-refractivity contribution in [1.29, 1.82) is 0 Å². The minimum Gasteiger partial charge on any atom is -0.550 e. The average Bonchev–Trinajstić information content (AvgIpc) is 2.87. The van der Waals surface area contributed by atoms with Gasteiger partial charge in [0, 0.05) is 24.5 Å². The summed E-state index contributed by atoms with van der Waals surface area (Å²) in [4.78, 5) is 22.9. The van der Waals surface area contributed by atoms with E-state index in [1.807, 2.05) is 30.3 Å². The number of nitrogens with zero attached hydrogens (tertiary/aromatic N) is 2. The number of hydrazone groups is 1. The molecule has 6 heteroatoms. The topological polar surface area (TPSA) is 84.8 Å².